The number of amides is 3. The van der Waals surface area contributed by atoms with Crippen LogP contribution >= 0.6 is 11.8 Å². The third-order valence-corrected chi connectivity index (χ3v) is 10.4. The van der Waals surface area contributed by atoms with E-state index in [4.69, 9.17) is 0 Å². The minimum absolute atomic E-state index is 0.0528. The Bertz CT molecular complexity index is 1180. The molecule has 5 rings (SSSR count). The summed E-state index contributed by atoms with van der Waals surface area (Å²) in [5.74, 6) is -1.85. The molecular weight excluding hydrogens is 486 g/mol. The maximum absolute atomic E-state index is 14.2. The number of fused-ring (bicyclic) bond motifs is 1. The van der Waals surface area contributed by atoms with Crippen LogP contribution in [0.2, 0.25) is 0 Å². The predicted molar refractivity (Wildman–Crippen MR) is 145 cm³/mol. The van der Waals surface area contributed by atoms with Gasteiger partial charge in [0.2, 0.25) is 17.7 Å². The summed E-state index contributed by atoms with van der Waals surface area (Å²) in [6.07, 6.45) is 1.42. The number of carbonyl (C=O) groups excluding carboxylic acids is 3. The molecule has 8 heteroatoms. The molecule has 3 amide bonds. The number of aliphatic hydroxyl groups excluding tert-OH is 1. The monoisotopic (exact) mass is 521 g/mol. The molecule has 3 fully saturated rings. The fraction of sp³-hybridized carbons (Fsp3) is 0.483. The van der Waals surface area contributed by atoms with Crippen molar-refractivity contribution in [3.8, 4) is 0 Å². The number of nitrogens with one attached hydrogen (secondary N) is 2. The zero-order valence-corrected chi connectivity index (χ0v) is 22.3. The van der Waals surface area contributed by atoms with Gasteiger partial charge in [-0.2, -0.15) is 0 Å². The molecule has 3 aliphatic rings. The number of para-hydroxylation sites is 1. The molecule has 6 atom stereocenters. The highest BCUT2D eigenvalue weighted by Crippen LogP contribution is 2.71. The van der Waals surface area contributed by atoms with Crippen LogP contribution in [0.1, 0.15) is 39.2 Å². The molecule has 0 saturated carbocycles. The lowest BCUT2D eigenvalue weighted by atomic mass is 9.66. The highest BCUT2D eigenvalue weighted by molar-refractivity contribution is 8.02. The van der Waals surface area contributed by atoms with Gasteiger partial charge in [-0.25, -0.2) is 0 Å². The van der Waals surface area contributed by atoms with Crippen molar-refractivity contribution in [3.05, 3.63) is 66.2 Å². The predicted octanol–water partition coefficient (Wildman–Crippen LogP) is 3.44. The quantitative estimate of drug-likeness (QED) is 0.494. The van der Waals surface area contributed by atoms with E-state index in [1.807, 2.05) is 74.5 Å². The lowest BCUT2D eigenvalue weighted by Crippen LogP contribution is -2.57. The molecule has 0 aromatic heterocycles. The number of nitrogens with zero attached hydrogens (tertiary/aromatic N) is 1. The summed E-state index contributed by atoms with van der Waals surface area (Å²) < 4.78 is -1.16. The van der Waals surface area contributed by atoms with E-state index < -0.39 is 33.4 Å². The van der Waals surface area contributed by atoms with E-state index >= 15 is 0 Å². The van der Waals surface area contributed by atoms with E-state index in [1.165, 1.54) is 0 Å². The van der Waals surface area contributed by atoms with Crippen LogP contribution in [-0.4, -0.2) is 55.9 Å². The van der Waals surface area contributed by atoms with Gasteiger partial charge in [0.15, 0.2) is 0 Å². The second-order valence-corrected chi connectivity index (χ2v) is 12.9. The van der Waals surface area contributed by atoms with E-state index in [0.29, 0.717) is 18.7 Å². The van der Waals surface area contributed by atoms with Crippen molar-refractivity contribution in [1.82, 2.24) is 10.2 Å². The van der Waals surface area contributed by atoms with Crippen LogP contribution in [0.25, 0.3) is 0 Å². The van der Waals surface area contributed by atoms with Crippen LogP contribution < -0.4 is 10.6 Å². The second kappa shape index (κ2) is 9.80. The number of hydrogen-bond acceptors (Lipinski definition) is 5. The molecule has 2 bridgehead atoms. The molecule has 2 aromatic carbocycles. The molecule has 196 valence electrons. The molecule has 3 saturated heterocycles. The molecule has 2 unspecified atom stereocenters. The van der Waals surface area contributed by atoms with Crippen LogP contribution in [0, 0.1) is 17.8 Å². The van der Waals surface area contributed by atoms with Crippen LogP contribution in [0.15, 0.2) is 60.7 Å². The molecule has 0 radical (unpaired) electrons. The molecule has 0 aliphatic carbocycles. The first-order valence-corrected chi connectivity index (χ1v) is 13.8. The Morgan fingerprint density at radius 2 is 1.70 bits per heavy atom. The van der Waals surface area contributed by atoms with Gasteiger partial charge in [0.25, 0.3) is 0 Å². The number of carbonyl (C=O) groups is 3. The minimum Gasteiger partial charge on any atom is -0.394 e. The number of aliphatic hydroxyl groups is 1. The first kappa shape index (κ1) is 25.8. The van der Waals surface area contributed by atoms with E-state index in [2.05, 4.69) is 17.6 Å². The topological polar surface area (TPSA) is 98.7 Å². The molecule has 3 aliphatic heterocycles. The first-order chi connectivity index (χ1) is 17.7. The average Bonchev–Trinajstić information content (AvgIpc) is 3.45. The van der Waals surface area contributed by atoms with E-state index in [-0.39, 0.29) is 30.2 Å². The Balaban J connectivity index is 1.51. The Kier molecular flexibility index (Phi) is 6.83. The summed E-state index contributed by atoms with van der Waals surface area (Å²) in [4.78, 5) is 43.5. The zero-order chi connectivity index (χ0) is 26.4. The third kappa shape index (κ3) is 4.24. The highest BCUT2D eigenvalue weighted by Gasteiger charge is 2.77. The zero-order valence-electron chi connectivity index (χ0n) is 21.5. The number of rotatable bonds is 8. The lowest BCUT2D eigenvalue weighted by molar-refractivity contribution is -0.143. The molecule has 1 spiro atoms. The Labute approximate surface area is 222 Å². The Morgan fingerprint density at radius 3 is 2.32 bits per heavy atom. The number of likely N-dealkylation sites (tertiary alicyclic amines) is 1. The maximum atomic E-state index is 14.2. The normalized spacial score (nSPS) is 30.9. The van der Waals surface area contributed by atoms with Gasteiger partial charge < -0.3 is 20.6 Å². The van der Waals surface area contributed by atoms with Crippen LogP contribution in [0.4, 0.5) is 5.69 Å². The first-order valence-electron chi connectivity index (χ1n) is 13.0. The SMILES string of the molecule is CC(C)[C@H](CO)N1C(=O)[C@@H]2[C@@H](C(=O)Nc3ccccc3)[C@@]3(C)CCC2(S3)C1C(=O)NCc1ccccc1. The summed E-state index contributed by atoms with van der Waals surface area (Å²) in [5, 5.41) is 16.4. The highest BCUT2D eigenvalue weighted by atomic mass is 32.2. The lowest BCUT2D eigenvalue weighted by Gasteiger charge is -2.38. The minimum atomic E-state index is -0.755. The van der Waals surface area contributed by atoms with Crippen molar-refractivity contribution in [3.63, 3.8) is 0 Å². The molecule has 37 heavy (non-hydrogen) atoms. The van der Waals surface area contributed by atoms with Crippen molar-refractivity contribution < 1.29 is 19.5 Å². The van der Waals surface area contributed by atoms with Crippen molar-refractivity contribution in [1.29, 1.82) is 0 Å². The summed E-state index contributed by atoms with van der Waals surface area (Å²) in [5.41, 5.74) is 1.66. The molecule has 7 nitrogen and oxygen atoms in total. The van der Waals surface area contributed by atoms with Gasteiger partial charge in [-0.15, -0.1) is 11.8 Å². The molecular formula is C29H35N3O4S. The largest absolute Gasteiger partial charge is 0.394 e. The summed E-state index contributed by atoms with van der Waals surface area (Å²) in [7, 11) is 0. The number of benzene rings is 2. The van der Waals surface area contributed by atoms with Gasteiger partial charge in [0.1, 0.15) is 6.04 Å². The summed E-state index contributed by atoms with van der Waals surface area (Å²) in [6, 6.07) is 17.7. The molecule has 3 N–H and O–H groups in total. The number of thioether (sulfide) groups is 1. The Morgan fingerprint density at radius 1 is 1.05 bits per heavy atom. The summed E-state index contributed by atoms with van der Waals surface area (Å²) >= 11 is 1.64. The fourth-order valence-corrected chi connectivity index (χ4v) is 9.01. The van der Waals surface area contributed by atoms with E-state index in [0.717, 1.165) is 12.0 Å². The van der Waals surface area contributed by atoms with E-state index in [1.54, 1.807) is 16.7 Å². The van der Waals surface area contributed by atoms with Gasteiger partial charge in [-0.05, 0) is 43.4 Å². The number of anilines is 1. The molecule has 2 aromatic rings. The molecule has 3 heterocycles. The van der Waals surface area contributed by atoms with Gasteiger partial charge >= 0.3 is 0 Å². The Hall–Kier alpha value is -2.84. The average molecular weight is 522 g/mol. The van der Waals surface area contributed by atoms with Gasteiger partial charge in [0.05, 0.1) is 29.2 Å². The third-order valence-electron chi connectivity index (χ3n) is 8.41. The second-order valence-electron chi connectivity index (χ2n) is 11.0. The van der Waals surface area contributed by atoms with Crippen LogP contribution in [0.3, 0.4) is 0 Å². The van der Waals surface area contributed by atoms with Crippen molar-refractivity contribution in [2.24, 2.45) is 17.8 Å². The van der Waals surface area contributed by atoms with Gasteiger partial charge in [-0.1, -0.05) is 62.4 Å². The fourth-order valence-electron chi connectivity index (χ4n) is 6.66. The van der Waals surface area contributed by atoms with E-state index in [9.17, 15) is 19.5 Å². The maximum Gasteiger partial charge on any atom is 0.244 e. The van der Waals surface area contributed by atoms with Crippen molar-refractivity contribution >= 4 is 35.2 Å². The van der Waals surface area contributed by atoms with Crippen molar-refractivity contribution in [2.45, 2.75) is 61.7 Å². The summed E-state index contributed by atoms with van der Waals surface area (Å²) in [6.45, 7) is 6.07. The van der Waals surface area contributed by atoms with Crippen LogP contribution in [-0.2, 0) is 20.9 Å². The van der Waals surface area contributed by atoms with Crippen molar-refractivity contribution in [2.75, 3.05) is 11.9 Å². The van der Waals surface area contributed by atoms with Crippen LogP contribution in [0.5, 0.6) is 0 Å². The number of hydrogen-bond donors (Lipinski definition) is 3. The van der Waals surface area contributed by atoms with Gasteiger partial charge in [-0.3, -0.25) is 14.4 Å². The standard InChI is InChI=1S/C29H35N3O4S/c1-18(2)21(17-33)32-24(26(35)30-16-19-10-6-4-7-11-19)29-15-14-28(3,37-29)22(23(29)27(32)36)25(34)31-20-12-8-5-9-13-20/h4-13,18,21-24,33H,14-17H2,1-3H3,(H,30,35)(H,31,34)/t21-,22-,23-,24?,28+,29?/m0/s1. The van der Waals surface area contributed by atoms with Gasteiger partial charge in [0, 0.05) is 17.0 Å². The smallest absolute Gasteiger partial charge is 0.244 e.